The third-order valence-corrected chi connectivity index (χ3v) is 2.28. The number of nitrogens with one attached hydrogen (secondary N) is 1. The molecule has 1 rings (SSSR count). The van der Waals surface area contributed by atoms with E-state index in [0.717, 1.165) is 37.4 Å². The Kier molecular flexibility index (Phi) is 5.82. The number of aliphatic hydroxyl groups is 1. The fraction of sp³-hybridized carbons (Fsp3) is 0.500. The Morgan fingerprint density at radius 2 is 1.94 bits per heavy atom. The Morgan fingerprint density at radius 1 is 1.12 bits per heavy atom. The third-order valence-electron chi connectivity index (χ3n) is 2.28. The summed E-state index contributed by atoms with van der Waals surface area (Å²) in [5, 5.41) is 20.9. The summed E-state index contributed by atoms with van der Waals surface area (Å²) in [6.45, 7) is 1.61. The van der Waals surface area contributed by atoms with Gasteiger partial charge in [0.1, 0.15) is 11.6 Å². The zero-order valence-electron chi connectivity index (χ0n) is 9.25. The van der Waals surface area contributed by atoms with E-state index in [1.165, 1.54) is 6.07 Å². The number of aliphatic hydroxyl groups excluding tert-OH is 1. The molecule has 4 heteroatoms. The van der Waals surface area contributed by atoms with Crippen molar-refractivity contribution in [1.82, 2.24) is 5.32 Å². The van der Waals surface area contributed by atoms with Crippen molar-refractivity contribution in [2.24, 2.45) is 0 Å². The predicted octanol–water partition coefficient (Wildman–Crippen LogP) is 1.78. The summed E-state index contributed by atoms with van der Waals surface area (Å²) in [7, 11) is 0. The first-order chi connectivity index (χ1) is 7.72. The van der Waals surface area contributed by atoms with Gasteiger partial charge in [0.2, 0.25) is 0 Å². The van der Waals surface area contributed by atoms with E-state index < -0.39 is 5.82 Å². The van der Waals surface area contributed by atoms with Crippen LogP contribution >= 0.6 is 0 Å². The molecule has 0 aromatic heterocycles. The molecule has 0 saturated carbocycles. The van der Waals surface area contributed by atoms with Crippen molar-refractivity contribution in [2.45, 2.75) is 25.8 Å². The summed E-state index contributed by atoms with van der Waals surface area (Å²) in [6, 6.07) is 4.04. The smallest absolute Gasteiger partial charge is 0.127 e. The van der Waals surface area contributed by atoms with Gasteiger partial charge in [-0.3, -0.25) is 0 Å². The summed E-state index contributed by atoms with van der Waals surface area (Å²) in [4.78, 5) is 0. The highest BCUT2D eigenvalue weighted by molar-refractivity contribution is 5.28. The van der Waals surface area contributed by atoms with E-state index in [0.29, 0.717) is 6.54 Å². The SMILES string of the molecule is OCCCCCNCc1cc(O)cc(F)c1. The van der Waals surface area contributed by atoms with Crippen LogP contribution in [0.15, 0.2) is 18.2 Å². The van der Waals surface area contributed by atoms with Crippen LogP contribution in [0.3, 0.4) is 0 Å². The van der Waals surface area contributed by atoms with E-state index in [4.69, 9.17) is 5.11 Å². The van der Waals surface area contributed by atoms with E-state index in [-0.39, 0.29) is 12.4 Å². The number of hydrogen-bond donors (Lipinski definition) is 3. The van der Waals surface area contributed by atoms with Gasteiger partial charge in [-0.2, -0.15) is 0 Å². The molecule has 0 saturated heterocycles. The molecule has 16 heavy (non-hydrogen) atoms. The van der Waals surface area contributed by atoms with E-state index in [2.05, 4.69) is 5.32 Å². The minimum absolute atomic E-state index is 0.0444. The molecule has 0 radical (unpaired) electrons. The Balaban J connectivity index is 2.21. The lowest BCUT2D eigenvalue weighted by Gasteiger charge is -2.05. The molecule has 0 aliphatic carbocycles. The maximum Gasteiger partial charge on any atom is 0.127 e. The molecule has 0 atom stereocenters. The average molecular weight is 227 g/mol. The molecule has 90 valence electrons. The Hall–Kier alpha value is -1.13. The maximum absolute atomic E-state index is 12.9. The zero-order chi connectivity index (χ0) is 11.8. The van der Waals surface area contributed by atoms with Crippen molar-refractivity contribution in [3.8, 4) is 5.75 Å². The van der Waals surface area contributed by atoms with Gasteiger partial charge in [-0.15, -0.1) is 0 Å². The number of aromatic hydroxyl groups is 1. The van der Waals surface area contributed by atoms with Gasteiger partial charge in [0, 0.05) is 19.2 Å². The van der Waals surface area contributed by atoms with Crippen molar-refractivity contribution < 1.29 is 14.6 Å². The van der Waals surface area contributed by atoms with Crippen LogP contribution < -0.4 is 5.32 Å². The van der Waals surface area contributed by atoms with Gasteiger partial charge in [-0.05, 0) is 43.5 Å². The molecule has 0 bridgehead atoms. The first-order valence-electron chi connectivity index (χ1n) is 5.52. The van der Waals surface area contributed by atoms with E-state index in [9.17, 15) is 9.50 Å². The summed E-state index contributed by atoms with van der Waals surface area (Å²) >= 11 is 0. The van der Waals surface area contributed by atoms with Crippen molar-refractivity contribution in [3.05, 3.63) is 29.6 Å². The van der Waals surface area contributed by atoms with E-state index in [1.54, 1.807) is 6.07 Å². The van der Waals surface area contributed by atoms with Gasteiger partial charge in [0.25, 0.3) is 0 Å². The van der Waals surface area contributed by atoms with Crippen LogP contribution in [0.2, 0.25) is 0 Å². The minimum atomic E-state index is -0.419. The molecule has 0 aliphatic rings. The van der Waals surface area contributed by atoms with Crippen molar-refractivity contribution >= 4 is 0 Å². The number of unbranched alkanes of at least 4 members (excludes halogenated alkanes) is 2. The molecule has 0 spiro atoms. The normalized spacial score (nSPS) is 10.6. The van der Waals surface area contributed by atoms with Gasteiger partial charge >= 0.3 is 0 Å². The maximum atomic E-state index is 12.9. The fourth-order valence-electron chi connectivity index (χ4n) is 1.51. The van der Waals surface area contributed by atoms with Gasteiger partial charge in [-0.1, -0.05) is 0 Å². The number of hydrogen-bond acceptors (Lipinski definition) is 3. The predicted molar refractivity (Wildman–Crippen MR) is 60.7 cm³/mol. The highest BCUT2D eigenvalue weighted by Gasteiger charge is 1.99. The number of phenolic OH excluding ortho intramolecular Hbond substituents is 1. The zero-order valence-corrected chi connectivity index (χ0v) is 9.25. The van der Waals surface area contributed by atoms with Gasteiger partial charge in [0.05, 0.1) is 0 Å². The van der Waals surface area contributed by atoms with E-state index in [1.807, 2.05) is 0 Å². The lowest BCUT2D eigenvalue weighted by Crippen LogP contribution is -2.14. The van der Waals surface area contributed by atoms with Crippen molar-refractivity contribution in [1.29, 1.82) is 0 Å². The molecule has 0 fully saturated rings. The first-order valence-corrected chi connectivity index (χ1v) is 5.52. The molecule has 0 heterocycles. The summed E-state index contributed by atoms with van der Waals surface area (Å²) in [5.74, 6) is -0.464. The topological polar surface area (TPSA) is 52.5 Å². The Morgan fingerprint density at radius 3 is 2.62 bits per heavy atom. The quantitative estimate of drug-likeness (QED) is 0.622. The van der Waals surface area contributed by atoms with Gasteiger partial charge in [-0.25, -0.2) is 4.39 Å². The first kappa shape index (κ1) is 12.9. The van der Waals surface area contributed by atoms with Crippen LogP contribution in [0.25, 0.3) is 0 Å². The molecule has 3 nitrogen and oxygen atoms in total. The van der Waals surface area contributed by atoms with Crippen LogP contribution in [-0.2, 0) is 6.54 Å². The number of phenols is 1. The monoisotopic (exact) mass is 227 g/mol. The lowest BCUT2D eigenvalue weighted by atomic mass is 10.2. The molecule has 1 aromatic rings. The minimum Gasteiger partial charge on any atom is -0.508 e. The van der Waals surface area contributed by atoms with Crippen molar-refractivity contribution in [3.63, 3.8) is 0 Å². The molecule has 0 aliphatic heterocycles. The largest absolute Gasteiger partial charge is 0.508 e. The van der Waals surface area contributed by atoms with Crippen LogP contribution in [0.5, 0.6) is 5.75 Å². The molecule has 0 amide bonds. The fourth-order valence-corrected chi connectivity index (χ4v) is 1.51. The third kappa shape index (κ3) is 5.09. The molecular formula is C12H18FNO2. The second-order valence-corrected chi connectivity index (χ2v) is 3.78. The number of halogens is 1. The standard InChI is InChI=1S/C12H18FNO2/c13-11-6-10(7-12(16)8-11)9-14-4-2-1-3-5-15/h6-8,14-16H,1-5,9H2. The summed E-state index contributed by atoms with van der Waals surface area (Å²) in [5.41, 5.74) is 0.736. The molecular weight excluding hydrogens is 209 g/mol. The van der Waals surface area contributed by atoms with Crippen LogP contribution in [0, 0.1) is 5.82 Å². The molecule has 0 unspecified atom stereocenters. The Labute approximate surface area is 94.9 Å². The second kappa shape index (κ2) is 7.19. The highest BCUT2D eigenvalue weighted by atomic mass is 19.1. The number of benzene rings is 1. The van der Waals surface area contributed by atoms with Crippen LogP contribution in [0.1, 0.15) is 24.8 Å². The Bertz CT molecular complexity index is 298. The van der Waals surface area contributed by atoms with Crippen LogP contribution in [0.4, 0.5) is 4.39 Å². The van der Waals surface area contributed by atoms with E-state index >= 15 is 0 Å². The number of rotatable bonds is 7. The van der Waals surface area contributed by atoms with Gasteiger partial charge < -0.3 is 15.5 Å². The highest BCUT2D eigenvalue weighted by Crippen LogP contribution is 2.14. The van der Waals surface area contributed by atoms with Crippen LogP contribution in [-0.4, -0.2) is 23.4 Å². The van der Waals surface area contributed by atoms with Crippen molar-refractivity contribution in [2.75, 3.05) is 13.2 Å². The average Bonchev–Trinajstić information content (AvgIpc) is 2.22. The molecule has 3 N–H and O–H groups in total. The van der Waals surface area contributed by atoms with Gasteiger partial charge in [0.15, 0.2) is 0 Å². The summed E-state index contributed by atoms with van der Waals surface area (Å²) in [6.07, 6.45) is 2.79. The lowest BCUT2D eigenvalue weighted by molar-refractivity contribution is 0.283. The second-order valence-electron chi connectivity index (χ2n) is 3.78. The summed E-state index contributed by atoms with van der Waals surface area (Å²) < 4.78 is 12.9. The molecule has 1 aromatic carbocycles.